The second-order valence-corrected chi connectivity index (χ2v) is 5.18. The van der Waals surface area contributed by atoms with Gasteiger partial charge in [-0.3, -0.25) is 0 Å². The van der Waals surface area contributed by atoms with E-state index in [2.05, 4.69) is 0 Å². The number of aromatic hydroxyl groups is 1. The number of ether oxygens (including phenoxy) is 2. The molecule has 0 amide bonds. The molecular formula is C17H22O6. The molecule has 0 saturated heterocycles. The summed E-state index contributed by atoms with van der Waals surface area (Å²) in [4.78, 5) is 12.0. The summed E-state index contributed by atoms with van der Waals surface area (Å²) in [5.74, 6) is -0.00973. The molecule has 0 unspecified atom stereocenters. The van der Waals surface area contributed by atoms with E-state index >= 15 is 0 Å². The normalized spacial score (nSPS) is 10.9. The summed E-state index contributed by atoms with van der Waals surface area (Å²) >= 11 is 0. The Balaban J connectivity index is 2.29. The summed E-state index contributed by atoms with van der Waals surface area (Å²) in [5, 5.41) is 19.4. The number of para-hydroxylation sites is 1. The van der Waals surface area contributed by atoms with Crippen LogP contribution < -0.4 is 15.1 Å². The van der Waals surface area contributed by atoms with Crippen LogP contribution in [0.1, 0.15) is 32.6 Å². The molecule has 0 saturated carbocycles. The maximum absolute atomic E-state index is 12.0. The Kier molecular flexibility index (Phi) is 6.29. The second-order valence-electron chi connectivity index (χ2n) is 5.18. The van der Waals surface area contributed by atoms with Gasteiger partial charge >= 0.3 is 5.63 Å². The molecule has 6 nitrogen and oxygen atoms in total. The van der Waals surface area contributed by atoms with Crippen LogP contribution in [0.5, 0.6) is 17.2 Å². The van der Waals surface area contributed by atoms with Gasteiger partial charge in [-0.2, -0.15) is 0 Å². The van der Waals surface area contributed by atoms with Gasteiger partial charge in [0.05, 0.1) is 18.6 Å². The fourth-order valence-electron chi connectivity index (χ4n) is 2.12. The zero-order valence-corrected chi connectivity index (χ0v) is 13.2. The van der Waals surface area contributed by atoms with E-state index in [1.807, 2.05) is 6.92 Å². The lowest BCUT2D eigenvalue weighted by atomic mass is 10.2. The fraction of sp³-hybridized carbons (Fsp3) is 0.471. The van der Waals surface area contributed by atoms with E-state index in [4.69, 9.17) is 19.0 Å². The zero-order valence-electron chi connectivity index (χ0n) is 13.2. The Labute approximate surface area is 134 Å². The van der Waals surface area contributed by atoms with Crippen LogP contribution in [-0.4, -0.2) is 30.0 Å². The minimum atomic E-state index is -0.725. The summed E-state index contributed by atoms with van der Waals surface area (Å²) in [6.45, 7) is 2.84. The molecule has 1 aromatic heterocycles. The summed E-state index contributed by atoms with van der Waals surface area (Å²) < 4.78 is 16.2. The van der Waals surface area contributed by atoms with Crippen molar-refractivity contribution in [3.63, 3.8) is 0 Å². The Morgan fingerprint density at radius 1 is 1.13 bits per heavy atom. The highest BCUT2D eigenvalue weighted by atomic mass is 16.5. The van der Waals surface area contributed by atoms with E-state index in [9.17, 15) is 9.90 Å². The van der Waals surface area contributed by atoms with E-state index < -0.39 is 5.63 Å². The van der Waals surface area contributed by atoms with Crippen molar-refractivity contribution in [1.82, 2.24) is 0 Å². The van der Waals surface area contributed by atoms with Crippen LogP contribution in [0, 0.1) is 0 Å². The second kappa shape index (κ2) is 8.43. The molecule has 2 N–H and O–H groups in total. The summed E-state index contributed by atoms with van der Waals surface area (Å²) in [5.41, 5.74) is -0.528. The highest BCUT2D eigenvalue weighted by Crippen LogP contribution is 2.35. The lowest BCUT2D eigenvalue weighted by Gasteiger charge is -2.11. The lowest BCUT2D eigenvalue weighted by molar-refractivity contribution is 0.252. The van der Waals surface area contributed by atoms with E-state index in [1.54, 1.807) is 18.2 Å². The molecule has 6 heteroatoms. The Bertz CT molecular complexity index is 691. The van der Waals surface area contributed by atoms with Gasteiger partial charge in [0, 0.05) is 6.61 Å². The maximum Gasteiger partial charge on any atom is 0.383 e. The van der Waals surface area contributed by atoms with Gasteiger partial charge in [0.15, 0.2) is 17.1 Å². The molecule has 0 bridgehead atoms. The molecule has 0 aliphatic carbocycles. The molecule has 0 fully saturated rings. The number of unbranched alkanes of at least 4 members (excludes halogenated alkanes) is 2. The topological polar surface area (TPSA) is 89.1 Å². The van der Waals surface area contributed by atoms with Crippen molar-refractivity contribution in [1.29, 1.82) is 0 Å². The Hall–Kier alpha value is -2.21. The molecule has 23 heavy (non-hydrogen) atoms. The molecule has 0 radical (unpaired) electrons. The lowest BCUT2D eigenvalue weighted by Crippen LogP contribution is -2.09. The van der Waals surface area contributed by atoms with Gasteiger partial charge in [0.2, 0.25) is 5.75 Å². The largest absolute Gasteiger partial charge is 0.504 e. The average Bonchev–Trinajstić information content (AvgIpc) is 2.55. The predicted molar refractivity (Wildman–Crippen MR) is 86.4 cm³/mol. The van der Waals surface area contributed by atoms with Crippen LogP contribution >= 0.6 is 0 Å². The molecule has 1 heterocycles. The first kappa shape index (κ1) is 17.1. The molecule has 0 atom stereocenters. The SMILES string of the molecule is CCCCOc1c(O)c2cccc(OCCCCO)c2oc1=O. The highest BCUT2D eigenvalue weighted by molar-refractivity contribution is 5.89. The molecule has 0 aliphatic rings. The van der Waals surface area contributed by atoms with Crippen LogP contribution in [0.15, 0.2) is 27.4 Å². The molecule has 2 rings (SSSR count). The van der Waals surface area contributed by atoms with Crippen LogP contribution in [0.3, 0.4) is 0 Å². The van der Waals surface area contributed by atoms with Gasteiger partial charge in [0.25, 0.3) is 0 Å². The Morgan fingerprint density at radius 3 is 2.65 bits per heavy atom. The van der Waals surface area contributed by atoms with Crippen LogP contribution in [0.2, 0.25) is 0 Å². The predicted octanol–water partition coefficient (Wildman–Crippen LogP) is 2.83. The first-order chi connectivity index (χ1) is 11.2. The highest BCUT2D eigenvalue weighted by Gasteiger charge is 2.17. The van der Waals surface area contributed by atoms with Crippen molar-refractivity contribution in [3.8, 4) is 17.2 Å². The van der Waals surface area contributed by atoms with Crippen LogP contribution in [0.25, 0.3) is 11.0 Å². The molecule has 0 spiro atoms. The number of hydrogen-bond donors (Lipinski definition) is 2. The monoisotopic (exact) mass is 322 g/mol. The number of rotatable bonds is 9. The minimum absolute atomic E-state index is 0.104. The molecule has 0 aliphatic heterocycles. The molecule has 2 aromatic rings. The van der Waals surface area contributed by atoms with Gasteiger partial charge in [-0.05, 0) is 31.4 Å². The van der Waals surface area contributed by atoms with Crippen molar-refractivity contribution >= 4 is 11.0 Å². The number of aliphatic hydroxyl groups excluding tert-OH is 1. The summed E-state index contributed by atoms with van der Waals surface area (Å²) in [6.07, 6.45) is 3.02. The first-order valence-corrected chi connectivity index (χ1v) is 7.84. The number of hydrogen-bond acceptors (Lipinski definition) is 6. The summed E-state index contributed by atoms with van der Waals surface area (Å²) in [7, 11) is 0. The third kappa shape index (κ3) is 4.16. The fourth-order valence-corrected chi connectivity index (χ4v) is 2.12. The standard InChI is InChI=1S/C17H22O6/c1-2-3-10-22-16-14(19)12-7-6-8-13(15(12)23-17(16)20)21-11-5-4-9-18/h6-8,18-19H,2-5,9-11H2,1H3. The smallest absolute Gasteiger partial charge is 0.383 e. The van der Waals surface area contributed by atoms with Gasteiger partial charge in [0.1, 0.15) is 0 Å². The van der Waals surface area contributed by atoms with Crippen molar-refractivity contribution in [2.75, 3.05) is 19.8 Å². The van der Waals surface area contributed by atoms with Gasteiger partial charge in [-0.15, -0.1) is 0 Å². The van der Waals surface area contributed by atoms with E-state index in [1.165, 1.54) is 0 Å². The maximum atomic E-state index is 12.0. The summed E-state index contributed by atoms with van der Waals surface area (Å²) in [6, 6.07) is 5.02. The van der Waals surface area contributed by atoms with Crippen molar-refractivity contribution in [2.24, 2.45) is 0 Å². The van der Waals surface area contributed by atoms with E-state index in [0.717, 1.165) is 12.8 Å². The number of fused-ring (bicyclic) bond motifs is 1. The molecular weight excluding hydrogens is 300 g/mol. The van der Waals surface area contributed by atoms with Gasteiger partial charge in [-0.1, -0.05) is 19.4 Å². The minimum Gasteiger partial charge on any atom is -0.504 e. The molecule has 126 valence electrons. The number of aliphatic hydroxyl groups is 1. The zero-order chi connectivity index (χ0) is 16.7. The van der Waals surface area contributed by atoms with E-state index in [0.29, 0.717) is 37.2 Å². The van der Waals surface area contributed by atoms with Gasteiger partial charge < -0.3 is 24.1 Å². The van der Waals surface area contributed by atoms with Crippen LogP contribution in [-0.2, 0) is 0 Å². The average molecular weight is 322 g/mol. The van der Waals surface area contributed by atoms with Gasteiger partial charge in [-0.25, -0.2) is 4.79 Å². The van der Waals surface area contributed by atoms with Crippen molar-refractivity contribution < 1.29 is 24.1 Å². The Morgan fingerprint density at radius 2 is 1.91 bits per heavy atom. The number of benzene rings is 1. The van der Waals surface area contributed by atoms with Crippen molar-refractivity contribution in [3.05, 3.63) is 28.6 Å². The van der Waals surface area contributed by atoms with Crippen molar-refractivity contribution in [2.45, 2.75) is 32.6 Å². The quantitative estimate of drug-likeness (QED) is 0.545. The first-order valence-electron chi connectivity index (χ1n) is 7.84. The third-order valence-corrected chi connectivity index (χ3v) is 3.38. The van der Waals surface area contributed by atoms with Crippen LogP contribution in [0.4, 0.5) is 0 Å². The third-order valence-electron chi connectivity index (χ3n) is 3.38. The molecule has 1 aromatic carbocycles. The van der Waals surface area contributed by atoms with E-state index in [-0.39, 0.29) is 23.7 Å².